The first-order valence-corrected chi connectivity index (χ1v) is 9.47. The molecule has 6 heteroatoms. The van der Waals surface area contributed by atoms with Gasteiger partial charge in [0, 0.05) is 18.7 Å². The van der Waals surface area contributed by atoms with Gasteiger partial charge in [0.25, 0.3) is 15.9 Å². The number of anilines is 1. The fourth-order valence-electron chi connectivity index (χ4n) is 2.80. The summed E-state index contributed by atoms with van der Waals surface area (Å²) < 4.78 is 27.1. The molecule has 2 aromatic rings. The van der Waals surface area contributed by atoms with Crippen LogP contribution in [-0.2, 0) is 16.4 Å². The Kier molecular flexibility index (Phi) is 4.57. The summed E-state index contributed by atoms with van der Waals surface area (Å²) in [5, 5.41) is 2.82. The third kappa shape index (κ3) is 3.01. The minimum absolute atomic E-state index is 0.177. The van der Waals surface area contributed by atoms with Crippen LogP contribution in [0, 0.1) is 0 Å². The Bertz CT molecular complexity index is 848. The molecule has 0 aliphatic carbocycles. The van der Waals surface area contributed by atoms with Gasteiger partial charge in [0.05, 0.1) is 10.6 Å². The number of hydrogen-bond donors (Lipinski definition) is 1. The fraction of sp³-hybridized carbons (Fsp3) is 0.278. The monoisotopic (exact) mass is 344 g/mol. The van der Waals surface area contributed by atoms with E-state index in [4.69, 9.17) is 0 Å². The van der Waals surface area contributed by atoms with Crippen LogP contribution in [0.4, 0.5) is 5.69 Å². The maximum absolute atomic E-state index is 12.9. The Morgan fingerprint density at radius 1 is 1.17 bits per heavy atom. The van der Waals surface area contributed by atoms with Crippen molar-refractivity contribution >= 4 is 21.6 Å². The van der Waals surface area contributed by atoms with Crippen LogP contribution in [0.15, 0.2) is 53.4 Å². The zero-order valence-corrected chi connectivity index (χ0v) is 14.3. The van der Waals surface area contributed by atoms with Crippen LogP contribution in [0.3, 0.4) is 0 Å². The summed E-state index contributed by atoms with van der Waals surface area (Å²) >= 11 is 0. The maximum Gasteiger partial charge on any atom is 0.264 e. The molecule has 1 heterocycles. The quantitative estimate of drug-likeness (QED) is 0.906. The fourth-order valence-corrected chi connectivity index (χ4v) is 4.32. The lowest BCUT2D eigenvalue weighted by molar-refractivity contribution is 0.0953. The van der Waals surface area contributed by atoms with Crippen LogP contribution in [0.1, 0.15) is 29.3 Å². The van der Waals surface area contributed by atoms with Crippen molar-refractivity contribution in [3.05, 3.63) is 59.7 Å². The number of amides is 1. The first kappa shape index (κ1) is 16.5. The zero-order valence-electron chi connectivity index (χ0n) is 13.5. The van der Waals surface area contributed by atoms with Crippen LogP contribution < -0.4 is 9.62 Å². The van der Waals surface area contributed by atoms with Gasteiger partial charge in [-0.2, -0.15) is 0 Å². The number of rotatable bonds is 5. The molecule has 0 fully saturated rings. The molecule has 3 rings (SSSR count). The molecule has 0 saturated heterocycles. The maximum atomic E-state index is 12.9. The highest BCUT2D eigenvalue weighted by Gasteiger charge is 2.31. The second-order valence-electron chi connectivity index (χ2n) is 5.74. The molecule has 0 saturated carbocycles. The topological polar surface area (TPSA) is 66.5 Å². The molecule has 0 unspecified atom stereocenters. The average Bonchev–Trinajstić information content (AvgIpc) is 3.04. The Labute approximate surface area is 142 Å². The lowest BCUT2D eigenvalue weighted by Crippen LogP contribution is -2.29. The van der Waals surface area contributed by atoms with Crippen molar-refractivity contribution in [1.82, 2.24) is 5.32 Å². The summed E-state index contributed by atoms with van der Waals surface area (Å²) in [5.41, 5.74) is 2.03. The second-order valence-corrected chi connectivity index (χ2v) is 7.60. The van der Waals surface area contributed by atoms with E-state index in [1.807, 2.05) is 13.0 Å². The Hall–Kier alpha value is -2.34. The van der Waals surface area contributed by atoms with Crippen molar-refractivity contribution in [3.63, 3.8) is 0 Å². The lowest BCUT2D eigenvalue weighted by Gasteiger charge is -2.20. The van der Waals surface area contributed by atoms with E-state index < -0.39 is 10.0 Å². The molecule has 0 spiro atoms. The molecule has 0 aromatic heterocycles. The van der Waals surface area contributed by atoms with Crippen LogP contribution >= 0.6 is 0 Å². The SMILES string of the molecule is CCCNC(=O)c1ccc2c(c1)N(S(=O)(=O)c1ccccc1)CC2. The van der Waals surface area contributed by atoms with Gasteiger partial charge in [0.1, 0.15) is 0 Å². The highest BCUT2D eigenvalue weighted by Crippen LogP contribution is 2.33. The third-order valence-electron chi connectivity index (χ3n) is 4.07. The summed E-state index contributed by atoms with van der Waals surface area (Å²) in [6.07, 6.45) is 1.50. The van der Waals surface area contributed by atoms with Gasteiger partial charge in [-0.3, -0.25) is 9.10 Å². The van der Waals surface area contributed by atoms with Gasteiger partial charge in [-0.05, 0) is 42.7 Å². The molecule has 0 radical (unpaired) electrons. The van der Waals surface area contributed by atoms with Gasteiger partial charge in [0.15, 0.2) is 0 Å². The normalized spacial score (nSPS) is 13.6. The summed E-state index contributed by atoms with van der Waals surface area (Å²) in [5.74, 6) is -0.177. The molecular formula is C18H20N2O3S. The van der Waals surface area contributed by atoms with Crippen molar-refractivity contribution in [2.24, 2.45) is 0 Å². The number of benzene rings is 2. The Balaban J connectivity index is 1.95. The molecule has 1 N–H and O–H groups in total. The van der Waals surface area contributed by atoms with Crippen molar-refractivity contribution < 1.29 is 13.2 Å². The van der Waals surface area contributed by atoms with Crippen LogP contribution in [-0.4, -0.2) is 27.4 Å². The highest BCUT2D eigenvalue weighted by atomic mass is 32.2. The predicted molar refractivity (Wildman–Crippen MR) is 93.7 cm³/mol. The van der Waals surface area contributed by atoms with E-state index in [1.54, 1.807) is 42.5 Å². The van der Waals surface area contributed by atoms with Gasteiger partial charge in [0.2, 0.25) is 0 Å². The highest BCUT2D eigenvalue weighted by molar-refractivity contribution is 7.92. The van der Waals surface area contributed by atoms with E-state index in [2.05, 4.69) is 5.32 Å². The first-order chi connectivity index (χ1) is 11.5. The van der Waals surface area contributed by atoms with E-state index in [0.29, 0.717) is 30.8 Å². The number of hydrogen-bond acceptors (Lipinski definition) is 3. The van der Waals surface area contributed by atoms with Crippen molar-refractivity contribution in [2.45, 2.75) is 24.7 Å². The molecule has 0 atom stereocenters. The lowest BCUT2D eigenvalue weighted by atomic mass is 10.1. The standard InChI is InChI=1S/C18H20N2O3S/c1-2-11-19-18(21)15-9-8-14-10-12-20(17(14)13-15)24(22,23)16-6-4-3-5-7-16/h3-9,13H,2,10-12H2,1H3,(H,19,21). The summed E-state index contributed by atoms with van der Waals surface area (Å²) in [6, 6.07) is 13.6. The smallest absolute Gasteiger partial charge is 0.264 e. The molecule has 24 heavy (non-hydrogen) atoms. The molecular weight excluding hydrogens is 324 g/mol. The summed E-state index contributed by atoms with van der Waals surface area (Å²) in [7, 11) is -3.61. The van der Waals surface area contributed by atoms with E-state index in [1.165, 1.54) is 4.31 Å². The van der Waals surface area contributed by atoms with E-state index in [9.17, 15) is 13.2 Å². The minimum Gasteiger partial charge on any atom is -0.352 e. The predicted octanol–water partition coefficient (Wildman–Crippen LogP) is 2.58. The van der Waals surface area contributed by atoms with Gasteiger partial charge in [-0.15, -0.1) is 0 Å². The first-order valence-electron chi connectivity index (χ1n) is 8.03. The van der Waals surface area contributed by atoms with Crippen LogP contribution in [0.5, 0.6) is 0 Å². The molecule has 5 nitrogen and oxygen atoms in total. The Morgan fingerprint density at radius 3 is 2.62 bits per heavy atom. The summed E-state index contributed by atoms with van der Waals surface area (Å²) in [6.45, 7) is 2.98. The Morgan fingerprint density at radius 2 is 1.92 bits per heavy atom. The van der Waals surface area contributed by atoms with E-state index in [-0.39, 0.29) is 10.8 Å². The number of carbonyl (C=O) groups is 1. The number of nitrogens with zero attached hydrogens (tertiary/aromatic N) is 1. The molecule has 0 bridgehead atoms. The van der Waals surface area contributed by atoms with Crippen LogP contribution in [0.25, 0.3) is 0 Å². The number of nitrogens with one attached hydrogen (secondary N) is 1. The average molecular weight is 344 g/mol. The molecule has 1 aliphatic heterocycles. The molecule has 1 amide bonds. The van der Waals surface area contributed by atoms with Crippen molar-refractivity contribution in [2.75, 3.05) is 17.4 Å². The number of fused-ring (bicyclic) bond motifs is 1. The number of carbonyl (C=O) groups excluding carboxylic acids is 1. The van der Waals surface area contributed by atoms with Gasteiger partial charge in [-0.25, -0.2) is 8.42 Å². The van der Waals surface area contributed by atoms with Crippen molar-refractivity contribution in [3.8, 4) is 0 Å². The summed E-state index contributed by atoms with van der Waals surface area (Å²) in [4.78, 5) is 12.4. The van der Waals surface area contributed by atoms with Gasteiger partial charge >= 0.3 is 0 Å². The van der Waals surface area contributed by atoms with Crippen LogP contribution in [0.2, 0.25) is 0 Å². The second kappa shape index (κ2) is 6.65. The zero-order chi connectivity index (χ0) is 17.2. The van der Waals surface area contributed by atoms with E-state index in [0.717, 1.165) is 12.0 Å². The third-order valence-corrected chi connectivity index (χ3v) is 5.89. The van der Waals surface area contributed by atoms with Gasteiger partial charge in [-0.1, -0.05) is 31.2 Å². The molecule has 126 valence electrons. The molecule has 2 aromatic carbocycles. The molecule has 1 aliphatic rings. The van der Waals surface area contributed by atoms with E-state index >= 15 is 0 Å². The van der Waals surface area contributed by atoms with Crippen molar-refractivity contribution in [1.29, 1.82) is 0 Å². The largest absolute Gasteiger partial charge is 0.352 e. The number of sulfonamides is 1. The minimum atomic E-state index is -3.61. The van der Waals surface area contributed by atoms with Gasteiger partial charge < -0.3 is 5.32 Å².